The monoisotopic (exact) mass is 801 g/mol. The summed E-state index contributed by atoms with van der Waals surface area (Å²) < 4.78 is 14.5. The van der Waals surface area contributed by atoms with Crippen LogP contribution in [0.4, 0.5) is 5.69 Å². The number of aryl methyl sites for hydroxylation is 1. The largest absolute Gasteiger partial charge is 0.375 e. The van der Waals surface area contributed by atoms with Crippen LogP contribution in [0.5, 0.6) is 0 Å². The number of nitrogens with one attached hydrogen (secondary N) is 2. The van der Waals surface area contributed by atoms with Crippen molar-refractivity contribution in [2.75, 3.05) is 31.7 Å². The molecule has 12 heteroatoms. The molecule has 0 bridgehead atoms. The summed E-state index contributed by atoms with van der Waals surface area (Å²) in [6, 6.07) is 15.7. The maximum Gasteiger partial charge on any atom is 0.227 e. The first-order valence-electron chi connectivity index (χ1n) is 20.7. The lowest BCUT2D eigenvalue weighted by Gasteiger charge is -2.32. The van der Waals surface area contributed by atoms with Crippen molar-refractivity contribution in [2.24, 2.45) is 16.2 Å². The number of fused-ring (bicyclic) bond motifs is 5. The minimum absolute atomic E-state index is 0.0325. The molecule has 12 nitrogen and oxygen atoms in total. The topological polar surface area (TPSA) is 145 Å². The van der Waals surface area contributed by atoms with Crippen LogP contribution in [0.15, 0.2) is 48.5 Å². The van der Waals surface area contributed by atoms with E-state index in [-0.39, 0.29) is 41.8 Å². The molecular weight excluding hydrogens is 733 g/mol. The summed E-state index contributed by atoms with van der Waals surface area (Å²) in [7, 11) is 1.62. The van der Waals surface area contributed by atoms with E-state index in [1.807, 2.05) is 116 Å². The Morgan fingerprint density at radius 1 is 0.759 bits per heavy atom. The Bertz CT molecular complexity index is 1920. The number of ketones is 1. The Labute approximate surface area is 346 Å². The molecule has 0 fully saturated rings. The molecule has 0 atom stereocenters. The number of amides is 3. The minimum atomic E-state index is -0.513. The summed E-state index contributed by atoms with van der Waals surface area (Å²) in [5, 5.41) is 15.0. The standard InChI is InChI=1S/C46H68N6O6/c1-42(2,3)41(56)44(6,7)25-28-57-46(10,11)24-27-52-40-33-18-14-13-17-32(33)30-51(35-20-16-15-19-34(35)39(40)49-50-52)38(55)22-21-36(53)48-26-23-45(8,9)58-31-43(4,5)29-37(54)47-12/h13-20H,21-31H2,1-12H3,(H,47,54)(H,48,53). The van der Waals surface area contributed by atoms with E-state index in [1.54, 1.807) is 11.9 Å². The van der Waals surface area contributed by atoms with Gasteiger partial charge in [-0.3, -0.25) is 19.2 Å². The number of rotatable bonds is 19. The molecular formula is C46H68N6O6. The molecule has 0 saturated carbocycles. The van der Waals surface area contributed by atoms with Crippen molar-refractivity contribution in [1.29, 1.82) is 0 Å². The molecule has 0 unspecified atom stereocenters. The SMILES string of the molecule is CNC(=O)CC(C)(C)COC(C)(C)CCNC(=O)CCC(=O)N1Cc2ccccc2-c2c(nnn2CCC(C)(C)OCCC(C)(C)C(=O)C(C)(C)C)-c2ccccc21. The van der Waals surface area contributed by atoms with E-state index in [2.05, 4.69) is 29.7 Å². The van der Waals surface area contributed by atoms with Gasteiger partial charge in [-0.15, -0.1) is 5.10 Å². The summed E-state index contributed by atoms with van der Waals surface area (Å²) in [6.07, 6.45) is 2.30. The molecule has 2 N–H and O–H groups in total. The van der Waals surface area contributed by atoms with Crippen LogP contribution in [-0.4, -0.2) is 76.5 Å². The highest BCUT2D eigenvalue weighted by Crippen LogP contribution is 2.41. The van der Waals surface area contributed by atoms with E-state index in [0.29, 0.717) is 69.9 Å². The predicted molar refractivity (Wildman–Crippen MR) is 229 cm³/mol. The van der Waals surface area contributed by atoms with Crippen LogP contribution < -0.4 is 15.5 Å². The van der Waals surface area contributed by atoms with Crippen LogP contribution >= 0.6 is 0 Å². The Morgan fingerprint density at radius 3 is 2.07 bits per heavy atom. The van der Waals surface area contributed by atoms with Gasteiger partial charge in [-0.2, -0.15) is 0 Å². The number of hydrogen-bond donors (Lipinski definition) is 2. The summed E-state index contributed by atoms with van der Waals surface area (Å²) in [6.45, 7) is 24.1. The van der Waals surface area contributed by atoms with Crippen molar-refractivity contribution in [3.8, 4) is 22.5 Å². The Hall–Kier alpha value is -4.42. The van der Waals surface area contributed by atoms with Crippen LogP contribution in [0, 0.1) is 16.2 Å². The number of para-hydroxylation sites is 1. The van der Waals surface area contributed by atoms with Gasteiger partial charge in [0.25, 0.3) is 0 Å². The van der Waals surface area contributed by atoms with Crippen molar-refractivity contribution in [3.05, 3.63) is 54.1 Å². The molecule has 3 amide bonds. The van der Waals surface area contributed by atoms with Crippen LogP contribution in [0.1, 0.15) is 120 Å². The lowest BCUT2D eigenvalue weighted by Crippen LogP contribution is -2.37. The van der Waals surface area contributed by atoms with Crippen molar-refractivity contribution in [3.63, 3.8) is 0 Å². The number of ether oxygens (including phenoxy) is 2. The zero-order valence-electron chi connectivity index (χ0n) is 37.1. The lowest BCUT2D eigenvalue weighted by molar-refractivity contribution is -0.137. The fraction of sp³-hybridized carbons (Fsp3) is 0.609. The van der Waals surface area contributed by atoms with Crippen molar-refractivity contribution >= 4 is 29.2 Å². The van der Waals surface area contributed by atoms with E-state index >= 15 is 0 Å². The molecule has 1 aliphatic heterocycles. The van der Waals surface area contributed by atoms with Crippen molar-refractivity contribution in [1.82, 2.24) is 25.6 Å². The number of carbonyl (C=O) groups excluding carboxylic acids is 4. The molecule has 2 heterocycles. The number of hydrogen-bond acceptors (Lipinski definition) is 8. The molecule has 1 aliphatic rings. The van der Waals surface area contributed by atoms with Gasteiger partial charge in [0.2, 0.25) is 17.7 Å². The zero-order valence-corrected chi connectivity index (χ0v) is 37.1. The van der Waals surface area contributed by atoms with Gasteiger partial charge in [0.05, 0.1) is 35.7 Å². The van der Waals surface area contributed by atoms with Gasteiger partial charge < -0.3 is 25.0 Å². The molecule has 318 valence electrons. The molecule has 0 aliphatic carbocycles. The van der Waals surface area contributed by atoms with E-state index in [9.17, 15) is 19.2 Å². The second-order valence-electron chi connectivity index (χ2n) is 19.4. The van der Waals surface area contributed by atoms with Gasteiger partial charge in [-0.1, -0.05) is 96.1 Å². The first kappa shape index (κ1) is 46.3. The third kappa shape index (κ3) is 12.5. The highest BCUT2D eigenvalue weighted by atomic mass is 16.5. The predicted octanol–water partition coefficient (Wildman–Crippen LogP) is 7.92. The number of anilines is 1. The molecule has 2 aromatic carbocycles. The van der Waals surface area contributed by atoms with Gasteiger partial charge in [0.15, 0.2) is 0 Å². The number of benzene rings is 2. The van der Waals surface area contributed by atoms with Crippen LogP contribution in [0.3, 0.4) is 0 Å². The highest BCUT2D eigenvalue weighted by molar-refractivity contribution is 6.01. The van der Waals surface area contributed by atoms with Crippen LogP contribution in [0.2, 0.25) is 0 Å². The van der Waals surface area contributed by atoms with Gasteiger partial charge in [-0.25, -0.2) is 4.68 Å². The maximum atomic E-state index is 14.0. The van der Waals surface area contributed by atoms with E-state index in [4.69, 9.17) is 14.6 Å². The Balaban J connectivity index is 1.43. The fourth-order valence-corrected chi connectivity index (χ4v) is 7.34. The number of Topliss-reactive ketones (excluding diaryl/α,β-unsaturated/α-hetero) is 1. The molecule has 3 aromatic rings. The fourth-order valence-electron chi connectivity index (χ4n) is 7.34. The quantitative estimate of drug-likeness (QED) is 0.125. The van der Waals surface area contributed by atoms with E-state index in [1.165, 1.54) is 0 Å². The molecule has 0 radical (unpaired) electrons. The maximum absolute atomic E-state index is 14.0. The third-order valence-electron chi connectivity index (χ3n) is 10.9. The van der Waals surface area contributed by atoms with Crippen LogP contribution in [0.25, 0.3) is 22.5 Å². The first-order valence-corrected chi connectivity index (χ1v) is 20.7. The summed E-state index contributed by atoms with van der Waals surface area (Å²) >= 11 is 0. The van der Waals surface area contributed by atoms with Gasteiger partial charge in [0.1, 0.15) is 11.5 Å². The lowest BCUT2D eigenvalue weighted by atomic mass is 9.73. The first-order chi connectivity index (χ1) is 27.0. The zero-order chi connectivity index (χ0) is 43.1. The Morgan fingerprint density at radius 2 is 1.40 bits per heavy atom. The summed E-state index contributed by atoms with van der Waals surface area (Å²) in [5.74, 6) is -0.178. The smallest absolute Gasteiger partial charge is 0.227 e. The van der Waals surface area contributed by atoms with Crippen LogP contribution in [-0.2, 0) is 41.7 Å². The Kier molecular flexibility index (Phi) is 14.9. The summed E-state index contributed by atoms with van der Waals surface area (Å²) in [5.41, 5.74) is 2.72. The molecule has 58 heavy (non-hydrogen) atoms. The van der Waals surface area contributed by atoms with Crippen molar-refractivity contribution in [2.45, 2.75) is 139 Å². The van der Waals surface area contributed by atoms with Gasteiger partial charge in [-0.05, 0) is 64.0 Å². The normalized spacial score (nSPS) is 13.5. The molecule has 0 spiro atoms. The van der Waals surface area contributed by atoms with E-state index < -0.39 is 22.0 Å². The van der Waals surface area contributed by atoms with Crippen molar-refractivity contribution < 1.29 is 28.7 Å². The van der Waals surface area contributed by atoms with Gasteiger partial charge in [0, 0.05) is 68.0 Å². The average Bonchev–Trinajstić information content (AvgIpc) is 3.56. The second-order valence-corrected chi connectivity index (χ2v) is 19.4. The number of carbonyl (C=O) groups is 4. The molecule has 0 saturated heterocycles. The second kappa shape index (κ2) is 18.7. The van der Waals surface area contributed by atoms with E-state index in [0.717, 1.165) is 22.4 Å². The minimum Gasteiger partial charge on any atom is -0.375 e. The molecule has 4 rings (SSSR count). The average molecular weight is 801 g/mol. The summed E-state index contributed by atoms with van der Waals surface area (Å²) in [4.78, 5) is 53.7. The number of aromatic nitrogens is 3. The number of nitrogens with zero attached hydrogens (tertiary/aromatic N) is 4. The third-order valence-corrected chi connectivity index (χ3v) is 10.9. The van der Waals surface area contributed by atoms with Gasteiger partial charge >= 0.3 is 0 Å². The highest BCUT2D eigenvalue weighted by Gasteiger charge is 2.36. The molecule has 1 aromatic heterocycles.